The molecule has 2 N–H and O–H groups in total. The highest BCUT2D eigenvalue weighted by atomic mass is 32.2. The highest BCUT2D eigenvalue weighted by Gasteiger charge is 2.20. The van der Waals surface area contributed by atoms with Gasteiger partial charge in [-0.05, 0) is 62.8 Å². The first kappa shape index (κ1) is 22.8. The lowest BCUT2D eigenvalue weighted by atomic mass is 10.1. The lowest BCUT2D eigenvalue weighted by molar-refractivity contribution is 0.116. The molecule has 1 aromatic carbocycles. The zero-order chi connectivity index (χ0) is 22.7. The van der Waals surface area contributed by atoms with Crippen molar-refractivity contribution in [2.75, 3.05) is 19.7 Å². The summed E-state index contributed by atoms with van der Waals surface area (Å²) in [6, 6.07) is 6.00. The van der Waals surface area contributed by atoms with Crippen LogP contribution in [0, 0.1) is 6.92 Å². The number of nitrogens with one attached hydrogen (secondary N) is 1. The predicted molar refractivity (Wildman–Crippen MR) is 126 cm³/mol. The lowest BCUT2D eigenvalue weighted by Crippen LogP contribution is -2.30. The van der Waals surface area contributed by atoms with Crippen LogP contribution in [0.25, 0.3) is 16.9 Å². The molecule has 0 amide bonds. The summed E-state index contributed by atoms with van der Waals surface area (Å²) in [6.07, 6.45) is 3.91. The van der Waals surface area contributed by atoms with Gasteiger partial charge < -0.3 is 14.8 Å². The molecular weight excluding hydrogens is 426 g/mol. The largest absolute Gasteiger partial charge is 0.493 e. The Morgan fingerprint density at radius 2 is 2.03 bits per heavy atom. The number of fused-ring (bicyclic) bond motifs is 1. The topological polar surface area (TPSA) is 95.8 Å². The molecule has 0 unspecified atom stereocenters. The van der Waals surface area contributed by atoms with E-state index in [1.807, 2.05) is 25.1 Å². The lowest BCUT2D eigenvalue weighted by Gasteiger charge is -2.28. The van der Waals surface area contributed by atoms with Crippen LogP contribution in [0.5, 0.6) is 5.75 Å². The fourth-order valence-corrected chi connectivity index (χ4v) is 4.91. The van der Waals surface area contributed by atoms with Crippen molar-refractivity contribution in [2.45, 2.75) is 63.9 Å². The van der Waals surface area contributed by atoms with Crippen LogP contribution in [0.1, 0.15) is 51.0 Å². The molecule has 2 aromatic heterocycles. The van der Waals surface area contributed by atoms with E-state index in [1.165, 1.54) is 0 Å². The molecule has 0 aliphatic carbocycles. The van der Waals surface area contributed by atoms with Crippen LogP contribution in [0.4, 0.5) is 0 Å². The number of aliphatic hydroxyl groups is 1. The van der Waals surface area contributed by atoms with Gasteiger partial charge in [0.2, 0.25) is 0 Å². The van der Waals surface area contributed by atoms with E-state index < -0.39 is 0 Å². The molecule has 0 bridgehead atoms. The van der Waals surface area contributed by atoms with Gasteiger partial charge in [0, 0.05) is 24.4 Å². The van der Waals surface area contributed by atoms with Gasteiger partial charge in [-0.15, -0.1) is 5.10 Å². The average molecular weight is 458 g/mol. The molecule has 0 atom stereocenters. The third-order valence-electron chi connectivity index (χ3n) is 5.54. The van der Waals surface area contributed by atoms with Crippen molar-refractivity contribution in [3.05, 3.63) is 40.1 Å². The molecule has 1 saturated heterocycles. The summed E-state index contributed by atoms with van der Waals surface area (Å²) in [5.41, 5.74) is 1.73. The maximum Gasteiger partial charge on any atom is 0.277 e. The van der Waals surface area contributed by atoms with Crippen LogP contribution >= 0.6 is 11.9 Å². The highest BCUT2D eigenvalue weighted by molar-refractivity contribution is 7.97. The second kappa shape index (κ2) is 10.1. The number of piperidine rings is 1. The minimum absolute atomic E-state index is 0.202. The van der Waals surface area contributed by atoms with Crippen molar-refractivity contribution >= 4 is 17.5 Å². The first-order valence-corrected chi connectivity index (χ1v) is 12.1. The van der Waals surface area contributed by atoms with Gasteiger partial charge in [-0.3, -0.25) is 4.79 Å². The Hall–Kier alpha value is -2.36. The van der Waals surface area contributed by atoms with E-state index in [4.69, 9.17) is 9.84 Å². The molecule has 0 saturated carbocycles. The van der Waals surface area contributed by atoms with E-state index in [0.29, 0.717) is 29.4 Å². The van der Waals surface area contributed by atoms with E-state index in [2.05, 4.69) is 28.1 Å². The molecule has 4 rings (SSSR count). The summed E-state index contributed by atoms with van der Waals surface area (Å²) >= 11 is 1.66. The van der Waals surface area contributed by atoms with Crippen LogP contribution in [-0.4, -0.2) is 54.8 Å². The predicted octanol–water partition coefficient (Wildman–Crippen LogP) is 3.60. The molecule has 1 aliphatic heterocycles. The molecule has 0 spiro atoms. The van der Waals surface area contributed by atoms with Crippen molar-refractivity contribution in [1.29, 1.82) is 0 Å². The van der Waals surface area contributed by atoms with Gasteiger partial charge in [-0.25, -0.2) is 13.8 Å². The molecule has 3 heterocycles. The number of ether oxygens (including phenoxy) is 1. The summed E-state index contributed by atoms with van der Waals surface area (Å²) in [6.45, 7) is 8.25. The van der Waals surface area contributed by atoms with E-state index in [-0.39, 0.29) is 11.7 Å². The van der Waals surface area contributed by atoms with Gasteiger partial charge in [-0.1, -0.05) is 13.8 Å². The summed E-state index contributed by atoms with van der Waals surface area (Å²) in [5.74, 6) is 1.96. The number of aromatic nitrogens is 4. The number of hydrogen-bond donors (Lipinski definition) is 2. The molecule has 172 valence electrons. The third kappa shape index (κ3) is 4.84. The fraction of sp³-hybridized carbons (Fsp3) is 0.522. The smallest absolute Gasteiger partial charge is 0.277 e. The number of rotatable bonds is 8. The van der Waals surface area contributed by atoms with Crippen molar-refractivity contribution in [2.24, 2.45) is 0 Å². The Morgan fingerprint density at radius 3 is 2.75 bits per heavy atom. The van der Waals surface area contributed by atoms with Gasteiger partial charge in [0.1, 0.15) is 11.6 Å². The van der Waals surface area contributed by atoms with Crippen molar-refractivity contribution in [1.82, 2.24) is 23.9 Å². The van der Waals surface area contributed by atoms with Gasteiger partial charge in [0.25, 0.3) is 5.56 Å². The highest BCUT2D eigenvalue weighted by Crippen LogP contribution is 2.34. The van der Waals surface area contributed by atoms with Crippen LogP contribution in [0.3, 0.4) is 0 Å². The number of aliphatic hydroxyl groups excluding tert-OH is 1. The second-order valence-corrected chi connectivity index (χ2v) is 9.35. The molecule has 0 radical (unpaired) electrons. The standard InChI is InChI=1S/C23H31N5O3S/c1-4-6-20-24-15(3)21-23(30)25-22(26-28(20)21)18-14-17(7-8-19(18)31-13-5-2)32-27-11-9-16(29)10-12-27/h7-8,14,16,29H,4-6,9-13H2,1-3H3,(H,25,26,30). The molecule has 1 fully saturated rings. The fourth-order valence-electron chi connectivity index (χ4n) is 3.91. The summed E-state index contributed by atoms with van der Waals surface area (Å²) in [7, 11) is 0. The van der Waals surface area contributed by atoms with Crippen LogP contribution in [-0.2, 0) is 6.42 Å². The van der Waals surface area contributed by atoms with E-state index in [0.717, 1.165) is 61.5 Å². The molecule has 3 aromatic rings. The minimum atomic E-state index is -0.204. The number of aryl methyl sites for hydroxylation is 2. The summed E-state index contributed by atoms with van der Waals surface area (Å²) < 4.78 is 9.94. The van der Waals surface area contributed by atoms with Gasteiger partial charge in [0.15, 0.2) is 11.3 Å². The summed E-state index contributed by atoms with van der Waals surface area (Å²) in [4.78, 5) is 21.5. The number of aromatic amines is 1. The van der Waals surface area contributed by atoms with Crippen molar-refractivity contribution in [3.8, 4) is 17.1 Å². The van der Waals surface area contributed by atoms with Gasteiger partial charge >= 0.3 is 0 Å². The maximum atomic E-state index is 12.9. The number of nitrogens with zero attached hydrogens (tertiary/aromatic N) is 4. The quantitative estimate of drug-likeness (QED) is 0.499. The van der Waals surface area contributed by atoms with Crippen molar-refractivity contribution < 1.29 is 9.84 Å². The Labute approximate surface area is 192 Å². The molecule has 9 heteroatoms. The Bertz CT molecular complexity index is 1130. The van der Waals surface area contributed by atoms with Gasteiger partial charge in [-0.2, -0.15) is 0 Å². The minimum Gasteiger partial charge on any atom is -0.493 e. The Morgan fingerprint density at radius 1 is 1.25 bits per heavy atom. The van der Waals surface area contributed by atoms with Crippen LogP contribution < -0.4 is 10.3 Å². The zero-order valence-corrected chi connectivity index (χ0v) is 19.7. The van der Waals surface area contributed by atoms with Crippen molar-refractivity contribution in [3.63, 3.8) is 0 Å². The first-order valence-electron chi connectivity index (χ1n) is 11.4. The number of benzene rings is 1. The SMILES string of the molecule is CCCOc1ccc(SN2CCC(O)CC2)cc1-c1nn2c(CCC)nc(C)c2c(=O)[nH]1. The number of H-pyrrole nitrogens is 1. The Balaban J connectivity index is 1.75. The van der Waals surface area contributed by atoms with Crippen LogP contribution in [0.15, 0.2) is 27.9 Å². The number of hydrogen-bond acceptors (Lipinski definition) is 7. The number of imidazole rings is 1. The molecular formula is C23H31N5O3S. The molecule has 1 aliphatic rings. The van der Waals surface area contributed by atoms with Crippen LogP contribution in [0.2, 0.25) is 0 Å². The Kier molecular flexibility index (Phi) is 7.17. The second-order valence-electron chi connectivity index (χ2n) is 8.18. The molecule has 8 nitrogen and oxygen atoms in total. The first-order chi connectivity index (χ1) is 15.5. The van der Waals surface area contributed by atoms with E-state index in [9.17, 15) is 9.90 Å². The maximum absolute atomic E-state index is 12.9. The third-order valence-corrected chi connectivity index (χ3v) is 6.63. The average Bonchev–Trinajstić information content (AvgIpc) is 3.10. The zero-order valence-electron chi connectivity index (χ0n) is 18.9. The summed E-state index contributed by atoms with van der Waals surface area (Å²) in [5, 5.41) is 14.6. The van der Waals surface area contributed by atoms with E-state index >= 15 is 0 Å². The molecule has 32 heavy (non-hydrogen) atoms. The van der Waals surface area contributed by atoms with Gasteiger partial charge in [0.05, 0.1) is 24.0 Å². The normalized spacial score (nSPS) is 15.5. The monoisotopic (exact) mass is 457 g/mol. The van der Waals surface area contributed by atoms with E-state index in [1.54, 1.807) is 16.5 Å².